The van der Waals surface area contributed by atoms with E-state index in [-0.39, 0.29) is 19.8 Å². The lowest BCUT2D eigenvalue weighted by molar-refractivity contribution is -0.205. The molecule has 1 aliphatic heterocycles. The first-order valence-corrected chi connectivity index (χ1v) is 4.22. The van der Waals surface area contributed by atoms with E-state index in [9.17, 15) is 4.79 Å². The van der Waals surface area contributed by atoms with Gasteiger partial charge in [-0.15, -0.1) is 0 Å². The van der Waals surface area contributed by atoms with Gasteiger partial charge >= 0.3 is 5.97 Å². The molecule has 0 aliphatic carbocycles. The molecule has 0 amide bonds. The highest BCUT2D eigenvalue weighted by atomic mass is 16.8. The molecule has 0 radical (unpaired) electrons. The van der Waals surface area contributed by atoms with Gasteiger partial charge in [0.1, 0.15) is 6.10 Å². The average molecular weight is 190 g/mol. The Morgan fingerprint density at radius 3 is 2.92 bits per heavy atom. The maximum atomic E-state index is 11.3. The van der Waals surface area contributed by atoms with Gasteiger partial charge in [0.2, 0.25) is 0 Å². The smallest absolute Gasteiger partial charge is 0.366 e. The van der Waals surface area contributed by atoms with Crippen molar-refractivity contribution in [2.24, 2.45) is 0 Å². The van der Waals surface area contributed by atoms with Crippen LogP contribution in [0.15, 0.2) is 0 Å². The minimum atomic E-state index is -1.34. The molecule has 0 aromatic heterocycles. The summed E-state index contributed by atoms with van der Waals surface area (Å²) in [5.41, 5.74) is 0. The van der Waals surface area contributed by atoms with E-state index in [1.165, 1.54) is 6.92 Å². The van der Waals surface area contributed by atoms with Crippen LogP contribution >= 0.6 is 0 Å². The van der Waals surface area contributed by atoms with Crippen LogP contribution in [0.5, 0.6) is 0 Å². The van der Waals surface area contributed by atoms with Crippen molar-refractivity contribution < 1.29 is 24.1 Å². The first kappa shape index (κ1) is 10.4. The van der Waals surface area contributed by atoms with Crippen LogP contribution in [0.25, 0.3) is 0 Å². The molecule has 1 heterocycles. The molecule has 1 fully saturated rings. The van der Waals surface area contributed by atoms with Crippen LogP contribution in [0.1, 0.15) is 13.8 Å². The summed E-state index contributed by atoms with van der Waals surface area (Å²) in [6.07, 6.45) is -0.436. The summed E-state index contributed by atoms with van der Waals surface area (Å²) in [5, 5.41) is 8.75. The average Bonchev–Trinajstić information content (AvgIpc) is 2.49. The number of hydrogen-bond acceptors (Lipinski definition) is 5. The van der Waals surface area contributed by atoms with Crippen LogP contribution < -0.4 is 0 Å². The van der Waals surface area contributed by atoms with Gasteiger partial charge in [0.05, 0.1) is 19.8 Å². The van der Waals surface area contributed by atoms with Crippen molar-refractivity contribution in [3.8, 4) is 0 Å². The minimum Gasteiger partial charge on any atom is -0.462 e. The van der Waals surface area contributed by atoms with Crippen molar-refractivity contribution >= 4 is 5.97 Å². The minimum absolute atomic E-state index is 0.158. The molecule has 1 N–H and O–H groups in total. The number of esters is 1. The summed E-state index contributed by atoms with van der Waals surface area (Å²) in [4.78, 5) is 11.3. The largest absolute Gasteiger partial charge is 0.462 e. The molecule has 76 valence electrons. The number of rotatable bonds is 3. The SMILES string of the molecule is CCOC(=O)C1(C)OCC(CO)O1. The summed E-state index contributed by atoms with van der Waals surface area (Å²) in [5.74, 6) is -1.89. The van der Waals surface area contributed by atoms with Gasteiger partial charge < -0.3 is 19.3 Å². The van der Waals surface area contributed by atoms with Gasteiger partial charge in [-0.2, -0.15) is 0 Å². The standard InChI is InChI=1S/C8H14O5/c1-3-11-7(10)8(2)12-5-6(4-9)13-8/h6,9H,3-5H2,1-2H3. The van der Waals surface area contributed by atoms with Crippen molar-refractivity contribution in [1.29, 1.82) is 0 Å². The third-order valence-electron chi connectivity index (χ3n) is 1.79. The van der Waals surface area contributed by atoms with Crippen molar-refractivity contribution in [3.05, 3.63) is 0 Å². The Labute approximate surface area is 76.6 Å². The summed E-state index contributed by atoms with van der Waals surface area (Å²) >= 11 is 0. The quantitative estimate of drug-likeness (QED) is 0.617. The monoisotopic (exact) mass is 190 g/mol. The highest BCUT2D eigenvalue weighted by molar-refractivity contribution is 5.77. The van der Waals surface area contributed by atoms with Crippen LogP contribution in [-0.2, 0) is 19.0 Å². The van der Waals surface area contributed by atoms with E-state index in [4.69, 9.17) is 19.3 Å². The molecule has 0 spiro atoms. The van der Waals surface area contributed by atoms with Crippen molar-refractivity contribution in [3.63, 3.8) is 0 Å². The molecular formula is C8H14O5. The number of ether oxygens (including phenoxy) is 3. The lowest BCUT2D eigenvalue weighted by Gasteiger charge is -2.20. The molecule has 1 aliphatic rings. The number of hydrogen-bond donors (Lipinski definition) is 1. The summed E-state index contributed by atoms with van der Waals surface area (Å²) in [6.45, 7) is 3.53. The van der Waals surface area contributed by atoms with Crippen LogP contribution in [0.3, 0.4) is 0 Å². The number of aliphatic hydroxyl groups is 1. The van der Waals surface area contributed by atoms with Gasteiger partial charge in [0, 0.05) is 6.92 Å². The maximum Gasteiger partial charge on any atom is 0.366 e. The van der Waals surface area contributed by atoms with Crippen LogP contribution in [0, 0.1) is 0 Å². The molecule has 2 unspecified atom stereocenters. The maximum absolute atomic E-state index is 11.3. The molecule has 0 saturated carbocycles. The second kappa shape index (κ2) is 4.04. The Morgan fingerprint density at radius 1 is 1.77 bits per heavy atom. The zero-order chi connectivity index (χ0) is 9.90. The summed E-state index contributed by atoms with van der Waals surface area (Å²) in [7, 11) is 0. The second-order valence-electron chi connectivity index (χ2n) is 2.90. The van der Waals surface area contributed by atoms with E-state index in [0.29, 0.717) is 0 Å². The van der Waals surface area contributed by atoms with Gasteiger partial charge in [0.15, 0.2) is 0 Å². The molecule has 5 nitrogen and oxygen atoms in total. The Balaban J connectivity index is 2.53. The van der Waals surface area contributed by atoms with Crippen LogP contribution in [0.4, 0.5) is 0 Å². The molecular weight excluding hydrogens is 176 g/mol. The second-order valence-corrected chi connectivity index (χ2v) is 2.90. The third kappa shape index (κ3) is 2.18. The van der Waals surface area contributed by atoms with Crippen LogP contribution in [0.2, 0.25) is 0 Å². The van der Waals surface area contributed by atoms with Crippen molar-refractivity contribution in [2.75, 3.05) is 19.8 Å². The topological polar surface area (TPSA) is 65.0 Å². The lowest BCUT2D eigenvalue weighted by atomic mass is 10.3. The highest BCUT2D eigenvalue weighted by Gasteiger charge is 2.45. The molecule has 0 bridgehead atoms. The Kier molecular flexibility index (Phi) is 3.24. The molecule has 1 rings (SSSR count). The van der Waals surface area contributed by atoms with E-state index in [2.05, 4.69) is 0 Å². The fourth-order valence-electron chi connectivity index (χ4n) is 1.10. The Morgan fingerprint density at radius 2 is 2.46 bits per heavy atom. The number of carbonyl (C=O) groups is 1. The molecule has 1 saturated heterocycles. The molecule has 0 aromatic carbocycles. The van der Waals surface area contributed by atoms with Gasteiger partial charge in [-0.1, -0.05) is 0 Å². The highest BCUT2D eigenvalue weighted by Crippen LogP contribution is 2.24. The normalized spacial score (nSPS) is 33.3. The first-order chi connectivity index (χ1) is 6.12. The lowest BCUT2D eigenvalue weighted by Crippen LogP contribution is -2.39. The van der Waals surface area contributed by atoms with E-state index >= 15 is 0 Å². The number of aliphatic hydroxyl groups excluding tert-OH is 1. The third-order valence-corrected chi connectivity index (χ3v) is 1.79. The Bertz CT molecular complexity index is 193. The zero-order valence-electron chi connectivity index (χ0n) is 7.78. The fourth-order valence-corrected chi connectivity index (χ4v) is 1.10. The zero-order valence-corrected chi connectivity index (χ0v) is 7.78. The Hall–Kier alpha value is -0.650. The fraction of sp³-hybridized carbons (Fsp3) is 0.875. The van der Waals surface area contributed by atoms with Crippen molar-refractivity contribution in [2.45, 2.75) is 25.7 Å². The van der Waals surface area contributed by atoms with Crippen LogP contribution in [-0.4, -0.2) is 42.8 Å². The predicted octanol–water partition coefficient (Wildman–Crippen LogP) is -0.327. The molecule has 2 atom stereocenters. The van der Waals surface area contributed by atoms with Gasteiger partial charge in [-0.05, 0) is 6.92 Å². The first-order valence-electron chi connectivity index (χ1n) is 4.22. The van der Waals surface area contributed by atoms with E-state index in [1.807, 2.05) is 0 Å². The molecule has 0 aromatic rings. The van der Waals surface area contributed by atoms with E-state index in [1.54, 1.807) is 6.92 Å². The number of carbonyl (C=O) groups excluding carboxylic acids is 1. The predicted molar refractivity (Wildman–Crippen MR) is 42.9 cm³/mol. The van der Waals surface area contributed by atoms with Gasteiger partial charge in [-0.25, -0.2) is 4.79 Å². The molecule has 5 heteroatoms. The summed E-state index contributed by atoms with van der Waals surface area (Å²) in [6, 6.07) is 0. The summed E-state index contributed by atoms with van der Waals surface area (Å²) < 4.78 is 15.0. The van der Waals surface area contributed by atoms with E-state index < -0.39 is 17.9 Å². The van der Waals surface area contributed by atoms with E-state index in [0.717, 1.165) is 0 Å². The molecule has 13 heavy (non-hydrogen) atoms. The van der Waals surface area contributed by atoms with Crippen molar-refractivity contribution in [1.82, 2.24) is 0 Å². The van der Waals surface area contributed by atoms with Gasteiger partial charge in [-0.3, -0.25) is 0 Å². The van der Waals surface area contributed by atoms with Gasteiger partial charge in [0.25, 0.3) is 5.79 Å².